The Morgan fingerprint density at radius 2 is 2.07 bits per heavy atom. The summed E-state index contributed by atoms with van der Waals surface area (Å²) in [5.74, 6) is -1.52. The summed E-state index contributed by atoms with van der Waals surface area (Å²) >= 11 is 0. The van der Waals surface area contributed by atoms with Gasteiger partial charge in [0.25, 0.3) is 5.91 Å². The second-order valence-corrected chi connectivity index (χ2v) is 7.28. The Kier molecular flexibility index (Phi) is 6.33. The number of urea groups is 1. The predicted molar refractivity (Wildman–Crippen MR) is 96.7 cm³/mol. The van der Waals surface area contributed by atoms with Crippen molar-refractivity contribution in [3.8, 4) is 0 Å². The van der Waals surface area contributed by atoms with E-state index in [9.17, 15) is 19.2 Å². The first-order valence-corrected chi connectivity index (χ1v) is 9.54. The van der Waals surface area contributed by atoms with Crippen LogP contribution >= 0.6 is 0 Å². The molecule has 1 aromatic rings. The van der Waals surface area contributed by atoms with Gasteiger partial charge in [-0.25, -0.2) is 4.79 Å². The first kappa shape index (κ1) is 19.9. The van der Waals surface area contributed by atoms with E-state index in [1.54, 1.807) is 12.1 Å². The average Bonchev–Trinajstić information content (AvgIpc) is 3.39. The summed E-state index contributed by atoms with van der Waals surface area (Å²) in [7, 11) is 0. The van der Waals surface area contributed by atoms with Crippen LogP contribution in [0, 0.1) is 5.92 Å². The number of hydrogen-bond donors (Lipinski definition) is 2. The maximum Gasteiger partial charge on any atom is 0.321 e. The normalized spacial score (nSPS) is 20.8. The Morgan fingerprint density at radius 1 is 1.32 bits per heavy atom. The zero-order chi connectivity index (χ0) is 20.1. The lowest BCUT2D eigenvalue weighted by Crippen LogP contribution is -2.47. The third kappa shape index (κ3) is 5.11. The van der Waals surface area contributed by atoms with E-state index in [-0.39, 0.29) is 31.5 Å². The fourth-order valence-corrected chi connectivity index (χ4v) is 3.50. The molecule has 3 rings (SSSR count). The van der Waals surface area contributed by atoms with Gasteiger partial charge in [0.2, 0.25) is 5.91 Å². The average molecular weight is 391 g/mol. The van der Waals surface area contributed by atoms with Crippen molar-refractivity contribution in [1.29, 1.82) is 0 Å². The number of nitrogens with zero attached hydrogens (tertiary/aromatic N) is 1. The molecule has 0 aromatic carbocycles. The van der Waals surface area contributed by atoms with E-state index in [0.29, 0.717) is 5.76 Å². The molecule has 2 N–H and O–H groups in total. The number of ether oxygens (including phenoxy) is 1. The van der Waals surface area contributed by atoms with Crippen LogP contribution in [-0.2, 0) is 25.7 Å². The molecular weight excluding hydrogens is 366 g/mol. The molecule has 1 aliphatic carbocycles. The minimum atomic E-state index is -1.13. The van der Waals surface area contributed by atoms with Gasteiger partial charge in [0.15, 0.2) is 6.10 Å². The summed E-state index contributed by atoms with van der Waals surface area (Å²) in [6.45, 7) is 1.88. The highest BCUT2D eigenvalue weighted by Crippen LogP contribution is 2.22. The molecule has 9 heteroatoms. The third-order valence-electron chi connectivity index (χ3n) is 5.06. The lowest BCUT2D eigenvalue weighted by Gasteiger charge is -2.17. The number of carbonyl (C=O) groups excluding carboxylic acids is 4. The highest BCUT2D eigenvalue weighted by atomic mass is 16.5. The molecule has 2 aliphatic rings. The zero-order valence-electron chi connectivity index (χ0n) is 15.8. The van der Waals surface area contributed by atoms with Crippen LogP contribution < -0.4 is 10.6 Å². The standard InChI is InChI=1S/C19H25N3O6/c1-12(17(24)21-19(26)20-14-5-2-3-6-14)28-18(25)13-9-16(23)22(10-13)11-15-7-4-8-27-15/h4,7-8,12-14H,2-3,5-6,9-11H2,1H3,(H2,20,21,24,26)/t12-,13+/m1/s1. The van der Waals surface area contributed by atoms with Crippen molar-refractivity contribution in [2.75, 3.05) is 6.54 Å². The summed E-state index contributed by atoms with van der Waals surface area (Å²) in [5, 5.41) is 4.93. The number of hydrogen-bond acceptors (Lipinski definition) is 6. The van der Waals surface area contributed by atoms with Crippen LogP contribution in [0.4, 0.5) is 4.79 Å². The summed E-state index contributed by atoms with van der Waals surface area (Å²) < 4.78 is 10.4. The molecule has 1 aromatic heterocycles. The minimum absolute atomic E-state index is 0.0239. The van der Waals surface area contributed by atoms with E-state index in [1.807, 2.05) is 0 Å². The van der Waals surface area contributed by atoms with Crippen LogP contribution in [0.1, 0.15) is 44.8 Å². The number of furan rings is 1. The van der Waals surface area contributed by atoms with Crippen molar-refractivity contribution in [2.24, 2.45) is 5.92 Å². The van der Waals surface area contributed by atoms with E-state index >= 15 is 0 Å². The first-order chi connectivity index (χ1) is 13.4. The number of nitrogens with one attached hydrogen (secondary N) is 2. The van der Waals surface area contributed by atoms with Gasteiger partial charge in [-0.05, 0) is 31.9 Å². The molecule has 0 radical (unpaired) electrons. The number of amides is 4. The van der Waals surface area contributed by atoms with Crippen molar-refractivity contribution in [1.82, 2.24) is 15.5 Å². The first-order valence-electron chi connectivity index (χ1n) is 9.54. The molecule has 2 fully saturated rings. The molecule has 2 atom stereocenters. The SMILES string of the molecule is C[C@@H](OC(=O)[C@H]1CC(=O)N(Cc2ccco2)C1)C(=O)NC(=O)NC1CCCC1. The number of esters is 1. The summed E-state index contributed by atoms with van der Waals surface area (Å²) in [5.41, 5.74) is 0. The van der Waals surface area contributed by atoms with E-state index in [2.05, 4.69) is 10.6 Å². The molecule has 1 saturated heterocycles. The fourth-order valence-electron chi connectivity index (χ4n) is 3.50. The zero-order valence-corrected chi connectivity index (χ0v) is 15.8. The van der Waals surface area contributed by atoms with Gasteiger partial charge >= 0.3 is 12.0 Å². The monoisotopic (exact) mass is 391 g/mol. The van der Waals surface area contributed by atoms with Crippen LogP contribution in [0.25, 0.3) is 0 Å². The molecule has 1 saturated carbocycles. The second-order valence-electron chi connectivity index (χ2n) is 7.28. The van der Waals surface area contributed by atoms with Gasteiger partial charge in [-0.15, -0.1) is 0 Å². The quantitative estimate of drug-likeness (QED) is 0.707. The van der Waals surface area contributed by atoms with E-state index in [1.165, 1.54) is 18.1 Å². The van der Waals surface area contributed by atoms with Crippen molar-refractivity contribution < 1.29 is 28.3 Å². The van der Waals surface area contributed by atoms with Gasteiger partial charge in [0.05, 0.1) is 18.7 Å². The second kappa shape index (κ2) is 8.90. The molecule has 2 heterocycles. The molecule has 0 unspecified atom stereocenters. The van der Waals surface area contributed by atoms with Gasteiger partial charge < -0.3 is 19.4 Å². The van der Waals surface area contributed by atoms with Crippen LogP contribution in [0.2, 0.25) is 0 Å². The highest BCUT2D eigenvalue weighted by molar-refractivity contribution is 5.97. The summed E-state index contributed by atoms with van der Waals surface area (Å²) in [6.07, 6.45) is 4.33. The Balaban J connectivity index is 1.43. The molecule has 152 valence electrons. The van der Waals surface area contributed by atoms with Crippen LogP contribution in [0.5, 0.6) is 0 Å². The van der Waals surface area contributed by atoms with Crippen molar-refractivity contribution in [2.45, 2.75) is 57.7 Å². The number of likely N-dealkylation sites (tertiary alicyclic amines) is 1. The lowest BCUT2D eigenvalue weighted by atomic mass is 10.1. The topological polar surface area (TPSA) is 118 Å². The minimum Gasteiger partial charge on any atom is -0.467 e. The van der Waals surface area contributed by atoms with Crippen molar-refractivity contribution in [3.05, 3.63) is 24.2 Å². The molecule has 0 spiro atoms. The van der Waals surface area contributed by atoms with Crippen LogP contribution in [0.3, 0.4) is 0 Å². The van der Waals surface area contributed by atoms with E-state index < -0.39 is 29.9 Å². The smallest absolute Gasteiger partial charge is 0.321 e. The van der Waals surface area contributed by atoms with Crippen molar-refractivity contribution in [3.63, 3.8) is 0 Å². The van der Waals surface area contributed by atoms with Gasteiger partial charge in [-0.1, -0.05) is 12.8 Å². The Hall–Kier alpha value is -2.84. The Labute approximate surface area is 162 Å². The predicted octanol–water partition coefficient (Wildman–Crippen LogP) is 1.33. The van der Waals surface area contributed by atoms with E-state index in [0.717, 1.165) is 25.7 Å². The molecule has 0 bridgehead atoms. The molecular formula is C19H25N3O6. The van der Waals surface area contributed by atoms with Crippen LogP contribution in [-0.4, -0.2) is 47.4 Å². The fraction of sp³-hybridized carbons (Fsp3) is 0.579. The van der Waals surface area contributed by atoms with Crippen molar-refractivity contribution >= 4 is 23.8 Å². The maximum absolute atomic E-state index is 12.3. The number of imide groups is 1. The largest absolute Gasteiger partial charge is 0.467 e. The summed E-state index contributed by atoms with van der Waals surface area (Å²) in [4.78, 5) is 49.8. The highest BCUT2D eigenvalue weighted by Gasteiger charge is 2.37. The molecule has 28 heavy (non-hydrogen) atoms. The summed E-state index contributed by atoms with van der Waals surface area (Å²) in [6, 6.07) is 2.97. The number of rotatable bonds is 6. The third-order valence-corrected chi connectivity index (χ3v) is 5.06. The molecule has 4 amide bonds. The maximum atomic E-state index is 12.3. The lowest BCUT2D eigenvalue weighted by molar-refractivity contribution is -0.158. The Morgan fingerprint density at radius 3 is 2.75 bits per heavy atom. The van der Waals surface area contributed by atoms with Gasteiger partial charge in [0, 0.05) is 19.0 Å². The Bertz CT molecular complexity index is 726. The molecule has 9 nitrogen and oxygen atoms in total. The van der Waals surface area contributed by atoms with Crippen LogP contribution in [0.15, 0.2) is 22.8 Å². The number of carbonyl (C=O) groups is 4. The van der Waals surface area contributed by atoms with Gasteiger partial charge in [0.1, 0.15) is 5.76 Å². The molecule has 1 aliphatic heterocycles. The van der Waals surface area contributed by atoms with E-state index in [4.69, 9.17) is 9.15 Å². The van der Waals surface area contributed by atoms with Gasteiger partial charge in [-0.3, -0.25) is 19.7 Å². The van der Waals surface area contributed by atoms with Gasteiger partial charge in [-0.2, -0.15) is 0 Å².